The van der Waals surface area contributed by atoms with Gasteiger partial charge in [0.05, 0.1) is 27.8 Å². The van der Waals surface area contributed by atoms with Crippen molar-refractivity contribution in [3.63, 3.8) is 0 Å². The first-order chi connectivity index (χ1) is 31.3. The Hall–Kier alpha value is -8.40. The summed E-state index contributed by atoms with van der Waals surface area (Å²) in [4.78, 5) is 2.35. The van der Waals surface area contributed by atoms with Gasteiger partial charge in [-0.3, -0.25) is 0 Å². The Morgan fingerprint density at radius 2 is 0.571 bits per heavy atom. The van der Waals surface area contributed by atoms with Crippen molar-refractivity contribution in [3.05, 3.63) is 249 Å². The van der Waals surface area contributed by atoms with Gasteiger partial charge in [-0.25, -0.2) is 0 Å². The molecule has 0 bridgehead atoms. The Morgan fingerprint density at radius 1 is 0.238 bits per heavy atom. The van der Waals surface area contributed by atoms with Gasteiger partial charge in [0.25, 0.3) is 0 Å². The number of hydrogen-bond acceptors (Lipinski definition) is 1. The number of benzene rings is 10. The maximum absolute atomic E-state index is 2.41. The van der Waals surface area contributed by atoms with Crippen LogP contribution in [0.25, 0.3) is 88.4 Å². The number of rotatable bonds is 8. The summed E-state index contributed by atoms with van der Waals surface area (Å²) < 4.78 is 4.78. The molecule has 0 amide bonds. The minimum absolute atomic E-state index is 1.09. The molecule has 12 rings (SSSR count). The number of aromatic nitrogens is 2. The quantitative estimate of drug-likeness (QED) is 0.149. The lowest BCUT2D eigenvalue weighted by molar-refractivity contribution is 1.18. The summed E-state index contributed by atoms with van der Waals surface area (Å²) >= 11 is 0. The normalized spacial score (nSPS) is 11.5. The van der Waals surface area contributed by atoms with E-state index >= 15 is 0 Å². The average molecular weight is 804 g/mol. The smallest absolute Gasteiger partial charge is 0.0541 e. The van der Waals surface area contributed by atoms with Crippen molar-refractivity contribution < 1.29 is 0 Å². The lowest BCUT2D eigenvalue weighted by atomic mass is 10.0. The fraction of sp³-hybridized carbons (Fsp3) is 0. The van der Waals surface area contributed by atoms with Gasteiger partial charge in [-0.1, -0.05) is 170 Å². The SMILES string of the molecule is c1ccc(-c2ccc(N(c3ccc(-c4ccc(-n5c6ccccc6c6ccccc65)cc4)cc3)c3ccc(-c4ccccc4-n4c5ccccc5c5ccccc54)cc3)cc2)cc1. The largest absolute Gasteiger partial charge is 0.311 e. The molecule has 12 aromatic rings. The average Bonchev–Trinajstić information content (AvgIpc) is 3.88. The summed E-state index contributed by atoms with van der Waals surface area (Å²) in [7, 11) is 0. The van der Waals surface area contributed by atoms with Gasteiger partial charge in [0, 0.05) is 49.9 Å². The summed E-state index contributed by atoms with van der Waals surface area (Å²) in [6, 6.07) is 90.0. The fourth-order valence-electron chi connectivity index (χ4n) is 9.57. The summed E-state index contributed by atoms with van der Waals surface area (Å²) in [6.45, 7) is 0. The molecule has 63 heavy (non-hydrogen) atoms. The van der Waals surface area contributed by atoms with Crippen LogP contribution in [0.5, 0.6) is 0 Å². The highest BCUT2D eigenvalue weighted by atomic mass is 15.1. The third-order valence-corrected chi connectivity index (χ3v) is 12.6. The highest BCUT2D eigenvalue weighted by Gasteiger charge is 2.18. The maximum Gasteiger partial charge on any atom is 0.0541 e. The van der Waals surface area contributed by atoms with Crippen LogP contribution in [0, 0.1) is 0 Å². The molecule has 0 fully saturated rings. The highest BCUT2D eigenvalue weighted by Crippen LogP contribution is 2.40. The fourth-order valence-corrected chi connectivity index (χ4v) is 9.57. The number of hydrogen-bond donors (Lipinski definition) is 0. The molecule has 0 saturated heterocycles. The van der Waals surface area contributed by atoms with Crippen LogP contribution in [-0.4, -0.2) is 9.13 Å². The predicted molar refractivity (Wildman–Crippen MR) is 266 cm³/mol. The molecule has 0 N–H and O–H groups in total. The van der Waals surface area contributed by atoms with Crippen LogP contribution >= 0.6 is 0 Å². The van der Waals surface area contributed by atoms with Crippen molar-refractivity contribution in [1.82, 2.24) is 9.13 Å². The number of para-hydroxylation sites is 5. The van der Waals surface area contributed by atoms with Crippen LogP contribution < -0.4 is 4.90 Å². The van der Waals surface area contributed by atoms with E-state index in [1.807, 2.05) is 0 Å². The number of nitrogens with zero attached hydrogens (tertiary/aromatic N) is 3. The second-order valence-electron chi connectivity index (χ2n) is 16.1. The third-order valence-electron chi connectivity index (χ3n) is 12.6. The van der Waals surface area contributed by atoms with Crippen LogP contribution in [0.3, 0.4) is 0 Å². The van der Waals surface area contributed by atoms with Gasteiger partial charge in [-0.15, -0.1) is 0 Å². The van der Waals surface area contributed by atoms with Crippen molar-refractivity contribution in [1.29, 1.82) is 0 Å². The van der Waals surface area contributed by atoms with E-state index in [2.05, 4.69) is 263 Å². The van der Waals surface area contributed by atoms with E-state index in [9.17, 15) is 0 Å². The standard InChI is InChI=1S/C60H41N3/c1-2-14-42(15-3-1)43-26-34-47(35-27-43)61(48-36-28-44(29-37-48)45-30-38-50(39-31-45)62-57-22-10-5-17-52(57)53-18-6-11-23-58(53)62)49-40-32-46(33-41-49)51-16-4-9-21-56(51)63-59-24-12-7-19-54(59)55-20-8-13-25-60(55)63/h1-41H. The van der Waals surface area contributed by atoms with E-state index in [1.165, 1.54) is 71.4 Å². The molecule has 0 aliphatic heterocycles. The Morgan fingerprint density at radius 3 is 1.03 bits per heavy atom. The van der Waals surface area contributed by atoms with Gasteiger partial charge in [-0.05, 0) is 107 Å². The zero-order valence-corrected chi connectivity index (χ0v) is 34.5. The summed E-state index contributed by atoms with van der Waals surface area (Å²) in [5.41, 5.74) is 17.5. The van der Waals surface area contributed by atoms with E-state index in [0.29, 0.717) is 0 Å². The van der Waals surface area contributed by atoms with E-state index in [4.69, 9.17) is 0 Å². The number of fused-ring (bicyclic) bond motifs is 6. The Labute approximate surface area is 366 Å². The molecule has 0 unspecified atom stereocenters. The lowest BCUT2D eigenvalue weighted by Gasteiger charge is -2.26. The molecule has 0 atom stereocenters. The van der Waals surface area contributed by atoms with Crippen LogP contribution in [0.4, 0.5) is 17.1 Å². The summed E-state index contributed by atoms with van der Waals surface area (Å²) in [5.74, 6) is 0. The van der Waals surface area contributed by atoms with Crippen molar-refractivity contribution in [2.24, 2.45) is 0 Å². The molecule has 3 heteroatoms. The van der Waals surface area contributed by atoms with E-state index in [0.717, 1.165) is 34.0 Å². The lowest BCUT2D eigenvalue weighted by Crippen LogP contribution is -2.09. The first kappa shape index (κ1) is 36.5. The molecule has 296 valence electrons. The monoisotopic (exact) mass is 803 g/mol. The first-order valence-corrected chi connectivity index (χ1v) is 21.6. The molecule has 0 aliphatic rings. The van der Waals surface area contributed by atoms with Gasteiger partial charge in [0.1, 0.15) is 0 Å². The second-order valence-corrected chi connectivity index (χ2v) is 16.1. The zero-order valence-electron chi connectivity index (χ0n) is 34.5. The molecular formula is C60H41N3. The molecule has 0 radical (unpaired) electrons. The summed E-state index contributed by atoms with van der Waals surface area (Å²) in [5, 5.41) is 5.06. The van der Waals surface area contributed by atoms with Crippen molar-refractivity contribution in [2.75, 3.05) is 4.90 Å². The van der Waals surface area contributed by atoms with Gasteiger partial charge < -0.3 is 14.0 Å². The Kier molecular flexibility index (Phi) is 8.83. The van der Waals surface area contributed by atoms with Crippen molar-refractivity contribution >= 4 is 60.7 Å². The molecule has 2 aromatic heterocycles. The molecule has 2 heterocycles. The molecule has 3 nitrogen and oxygen atoms in total. The first-order valence-electron chi connectivity index (χ1n) is 21.6. The van der Waals surface area contributed by atoms with Gasteiger partial charge in [0.15, 0.2) is 0 Å². The van der Waals surface area contributed by atoms with Crippen LogP contribution in [0.2, 0.25) is 0 Å². The second kappa shape index (κ2) is 15.3. The van der Waals surface area contributed by atoms with Gasteiger partial charge in [0.2, 0.25) is 0 Å². The molecule has 10 aromatic carbocycles. The minimum Gasteiger partial charge on any atom is -0.311 e. The van der Waals surface area contributed by atoms with Gasteiger partial charge >= 0.3 is 0 Å². The van der Waals surface area contributed by atoms with E-state index < -0.39 is 0 Å². The highest BCUT2D eigenvalue weighted by molar-refractivity contribution is 6.10. The molecule has 0 aliphatic carbocycles. The topological polar surface area (TPSA) is 13.1 Å². The third kappa shape index (κ3) is 6.29. The van der Waals surface area contributed by atoms with Gasteiger partial charge in [-0.2, -0.15) is 0 Å². The van der Waals surface area contributed by atoms with E-state index in [1.54, 1.807) is 0 Å². The maximum atomic E-state index is 2.41. The zero-order chi connectivity index (χ0) is 41.7. The van der Waals surface area contributed by atoms with Crippen molar-refractivity contribution in [2.45, 2.75) is 0 Å². The van der Waals surface area contributed by atoms with Crippen LogP contribution in [0.1, 0.15) is 0 Å². The number of anilines is 3. The molecule has 0 spiro atoms. The summed E-state index contributed by atoms with van der Waals surface area (Å²) in [6.07, 6.45) is 0. The Bertz CT molecular complexity index is 3470. The molecule has 0 saturated carbocycles. The Balaban J connectivity index is 0.907. The minimum atomic E-state index is 1.09. The molecular weight excluding hydrogens is 763 g/mol. The van der Waals surface area contributed by atoms with Crippen molar-refractivity contribution in [3.8, 4) is 44.8 Å². The van der Waals surface area contributed by atoms with E-state index in [-0.39, 0.29) is 0 Å². The van der Waals surface area contributed by atoms with Crippen LogP contribution in [-0.2, 0) is 0 Å². The van der Waals surface area contributed by atoms with Crippen LogP contribution in [0.15, 0.2) is 249 Å². The predicted octanol–water partition coefficient (Wildman–Crippen LogP) is 16.4.